The van der Waals surface area contributed by atoms with Crippen molar-refractivity contribution < 1.29 is 14.3 Å². The fourth-order valence-corrected chi connectivity index (χ4v) is 4.57. The molecule has 0 saturated carbocycles. The van der Waals surface area contributed by atoms with Crippen molar-refractivity contribution in [2.45, 2.75) is 18.7 Å². The van der Waals surface area contributed by atoms with Gasteiger partial charge in [-0.3, -0.25) is 9.69 Å². The van der Waals surface area contributed by atoms with Crippen LogP contribution < -0.4 is 19.7 Å². The van der Waals surface area contributed by atoms with E-state index in [0.717, 1.165) is 11.3 Å². The number of carbonyl (C=O) groups excluding carboxylic acids is 1. The average molecular weight is 398 g/mol. The van der Waals surface area contributed by atoms with E-state index >= 15 is 0 Å². The maximum Gasteiger partial charge on any atom is 0.233 e. The first-order valence-electron chi connectivity index (χ1n) is 9.11. The summed E-state index contributed by atoms with van der Waals surface area (Å²) in [6, 6.07) is 15.1. The summed E-state index contributed by atoms with van der Waals surface area (Å²) in [6.07, 6.45) is 0. The number of anilines is 1. The number of hydrogen-bond donors (Lipinski definition) is 1. The van der Waals surface area contributed by atoms with E-state index in [0.29, 0.717) is 16.6 Å². The zero-order chi connectivity index (χ0) is 20.1. The lowest BCUT2D eigenvalue weighted by atomic mass is 9.78. The van der Waals surface area contributed by atoms with Gasteiger partial charge in [0.1, 0.15) is 5.92 Å². The summed E-state index contributed by atoms with van der Waals surface area (Å²) in [5.74, 6) is 0.731. The molecule has 6 nitrogen and oxygen atoms in total. The number of carbonyl (C=O) groups is 1. The smallest absolute Gasteiger partial charge is 0.233 e. The molecule has 1 N–H and O–H groups in total. The zero-order valence-corrected chi connectivity index (χ0v) is 17.1. The van der Waals surface area contributed by atoms with E-state index < -0.39 is 11.6 Å². The molecule has 0 aromatic heterocycles. The van der Waals surface area contributed by atoms with Gasteiger partial charge in [-0.1, -0.05) is 30.3 Å². The Kier molecular flexibility index (Phi) is 4.42. The molecule has 2 heterocycles. The van der Waals surface area contributed by atoms with E-state index in [9.17, 15) is 4.79 Å². The van der Waals surface area contributed by atoms with Crippen molar-refractivity contribution in [2.75, 3.05) is 26.1 Å². The number of ether oxygens (including phenoxy) is 2. The van der Waals surface area contributed by atoms with Crippen LogP contribution in [0.3, 0.4) is 0 Å². The standard InChI is InChI=1S/C21H23N3O3S/c1-21-16(19(25)23(2)3)17(14-11-8-12-15(26-4)18(14)27-21)22-20(28)24(21)13-9-6-5-7-10-13/h5-12,16-17H,1-4H3,(H,22,28)/t16-,17-,21-/m1/s1. The lowest BCUT2D eigenvalue weighted by Gasteiger charge is -2.56. The van der Waals surface area contributed by atoms with Crippen molar-refractivity contribution in [1.29, 1.82) is 0 Å². The van der Waals surface area contributed by atoms with Crippen LogP contribution in [0.4, 0.5) is 5.69 Å². The van der Waals surface area contributed by atoms with Gasteiger partial charge in [-0.2, -0.15) is 0 Å². The zero-order valence-electron chi connectivity index (χ0n) is 16.3. The van der Waals surface area contributed by atoms with Gasteiger partial charge in [0, 0.05) is 25.3 Å². The Morgan fingerprint density at radius 3 is 2.57 bits per heavy atom. The molecule has 2 aromatic rings. The van der Waals surface area contributed by atoms with Crippen LogP contribution in [0.2, 0.25) is 0 Å². The summed E-state index contributed by atoms with van der Waals surface area (Å²) >= 11 is 5.71. The van der Waals surface area contributed by atoms with Crippen LogP contribution in [-0.2, 0) is 4.79 Å². The van der Waals surface area contributed by atoms with E-state index in [1.54, 1.807) is 26.1 Å². The molecule has 1 amide bonds. The molecule has 2 aliphatic rings. The van der Waals surface area contributed by atoms with Gasteiger partial charge in [-0.15, -0.1) is 0 Å². The molecule has 1 fully saturated rings. The Labute approximate surface area is 170 Å². The second-order valence-corrected chi connectivity index (χ2v) is 7.73. The first-order chi connectivity index (χ1) is 13.4. The summed E-state index contributed by atoms with van der Waals surface area (Å²) in [4.78, 5) is 16.8. The lowest BCUT2D eigenvalue weighted by molar-refractivity contribution is -0.144. The molecule has 28 heavy (non-hydrogen) atoms. The second-order valence-electron chi connectivity index (χ2n) is 7.34. The molecule has 0 unspecified atom stereocenters. The number of methoxy groups -OCH3 is 1. The highest BCUT2D eigenvalue weighted by Gasteiger charge is 2.59. The van der Waals surface area contributed by atoms with Crippen LogP contribution in [-0.4, -0.2) is 42.8 Å². The normalized spacial score (nSPS) is 25.3. The lowest BCUT2D eigenvalue weighted by Crippen LogP contribution is -2.72. The first-order valence-corrected chi connectivity index (χ1v) is 9.52. The molecule has 4 rings (SSSR count). The number of nitrogens with zero attached hydrogens (tertiary/aromatic N) is 2. The fourth-order valence-electron chi connectivity index (χ4n) is 4.15. The van der Waals surface area contributed by atoms with Crippen LogP contribution in [0.1, 0.15) is 18.5 Å². The number of nitrogens with one attached hydrogen (secondary N) is 1. The molecule has 2 aliphatic heterocycles. The minimum atomic E-state index is -1.02. The molecule has 7 heteroatoms. The van der Waals surface area contributed by atoms with Gasteiger partial charge in [0.25, 0.3) is 0 Å². The van der Waals surface area contributed by atoms with Crippen molar-refractivity contribution in [3.8, 4) is 11.5 Å². The Balaban J connectivity index is 1.95. The largest absolute Gasteiger partial charge is 0.493 e. The number of para-hydroxylation sites is 2. The van der Waals surface area contributed by atoms with Crippen molar-refractivity contribution >= 4 is 28.9 Å². The van der Waals surface area contributed by atoms with Crippen molar-refractivity contribution in [3.05, 3.63) is 54.1 Å². The molecule has 0 spiro atoms. The highest BCUT2D eigenvalue weighted by atomic mass is 32.1. The molecule has 1 saturated heterocycles. The van der Waals surface area contributed by atoms with Crippen LogP contribution in [0.5, 0.6) is 11.5 Å². The van der Waals surface area contributed by atoms with Gasteiger partial charge in [-0.05, 0) is 37.3 Å². The van der Waals surface area contributed by atoms with E-state index in [4.69, 9.17) is 21.7 Å². The monoisotopic (exact) mass is 397 g/mol. The van der Waals surface area contributed by atoms with Gasteiger partial charge in [0.2, 0.25) is 5.91 Å². The molecule has 146 valence electrons. The van der Waals surface area contributed by atoms with Gasteiger partial charge in [-0.25, -0.2) is 0 Å². The minimum absolute atomic E-state index is 0.0306. The highest BCUT2D eigenvalue weighted by molar-refractivity contribution is 7.80. The first kappa shape index (κ1) is 18.6. The molecule has 0 radical (unpaired) electrons. The summed E-state index contributed by atoms with van der Waals surface area (Å²) in [6.45, 7) is 1.92. The third kappa shape index (κ3) is 2.61. The van der Waals surface area contributed by atoms with Gasteiger partial charge in [0.05, 0.1) is 13.2 Å². The molecule has 3 atom stereocenters. The molecule has 2 aromatic carbocycles. The van der Waals surface area contributed by atoms with Gasteiger partial charge >= 0.3 is 0 Å². The minimum Gasteiger partial charge on any atom is -0.493 e. The van der Waals surface area contributed by atoms with Crippen molar-refractivity contribution in [3.63, 3.8) is 0 Å². The highest BCUT2D eigenvalue weighted by Crippen LogP contribution is 2.52. The molecule has 0 aliphatic carbocycles. The van der Waals surface area contributed by atoms with Crippen LogP contribution in [0.25, 0.3) is 0 Å². The number of thiocarbonyl (C=S) groups is 1. The Bertz CT molecular complexity index is 934. The predicted octanol–water partition coefficient (Wildman–Crippen LogP) is 2.94. The maximum atomic E-state index is 13.3. The number of hydrogen-bond acceptors (Lipinski definition) is 4. The topological polar surface area (TPSA) is 54.0 Å². The molecule has 2 bridgehead atoms. The molecular formula is C21H23N3O3S. The van der Waals surface area contributed by atoms with Crippen LogP contribution in [0, 0.1) is 5.92 Å². The summed E-state index contributed by atoms with van der Waals surface area (Å²) in [5.41, 5.74) is 0.708. The number of rotatable bonds is 3. The Morgan fingerprint density at radius 1 is 1.21 bits per heavy atom. The van der Waals surface area contributed by atoms with Gasteiger partial charge < -0.3 is 19.7 Å². The van der Waals surface area contributed by atoms with Crippen molar-refractivity contribution in [1.82, 2.24) is 10.2 Å². The van der Waals surface area contributed by atoms with Crippen LogP contribution >= 0.6 is 12.2 Å². The Hall–Kier alpha value is -2.80. The second kappa shape index (κ2) is 6.67. The SMILES string of the molecule is COc1cccc2c1O[C@]1(C)[C@@H](C(=O)N(C)C)[C@@H]2NC(=S)N1c1ccccc1. The maximum absolute atomic E-state index is 13.3. The number of fused-ring (bicyclic) bond motifs is 4. The van der Waals surface area contributed by atoms with E-state index in [1.165, 1.54) is 0 Å². The molecular weight excluding hydrogens is 374 g/mol. The quantitative estimate of drug-likeness (QED) is 0.804. The Morgan fingerprint density at radius 2 is 1.93 bits per heavy atom. The average Bonchev–Trinajstić information content (AvgIpc) is 2.67. The third-order valence-corrected chi connectivity index (χ3v) is 5.73. The number of amides is 1. The predicted molar refractivity (Wildman–Crippen MR) is 112 cm³/mol. The number of benzene rings is 2. The van der Waals surface area contributed by atoms with Crippen molar-refractivity contribution in [2.24, 2.45) is 5.92 Å². The fraction of sp³-hybridized carbons (Fsp3) is 0.333. The van der Waals surface area contributed by atoms with E-state index in [2.05, 4.69) is 5.32 Å². The van der Waals surface area contributed by atoms with E-state index in [-0.39, 0.29) is 11.9 Å². The van der Waals surface area contributed by atoms with E-state index in [1.807, 2.05) is 60.4 Å². The summed E-state index contributed by atoms with van der Waals surface area (Å²) in [5, 5.41) is 3.91. The van der Waals surface area contributed by atoms with Crippen LogP contribution in [0.15, 0.2) is 48.5 Å². The van der Waals surface area contributed by atoms with Gasteiger partial charge in [0.15, 0.2) is 22.3 Å². The summed E-state index contributed by atoms with van der Waals surface area (Å²) < 4.78 is 12.1. The summed E-state index contributed by atoms with van der Waals surface area (Å²) in [7, 11) is 5.13. The third-order valence-electron chi connectivity index (χ3n) is 5.43.